The van der Waals surface area contributed by atoms with Crippen LogP contribution in [0.4, 0.5) is 11.4 Å². The molecule has 0 bridgehead atoms. The van der Waals surface area contributed by atoms with E-state index in [2.05, 4.69) is 10.2 Å². The van der Waals surface area contributed by atoms with Gasteiger partial charge in [0.15, 0.2) is 12.2 Å². The fourth-order valence-electron chi connectivity index (χ4n) is 4.20. The van der Waals surface area contributed by atoms with E-state index in [-0.39, 0.29) is 11.8 Å². The summed E-state index contributed by atoms with van der Waals surface area (Å²) in [4.78, 5) is 29.8. The molecule has 2 amide bonds. The zero-order valence-corrected chi connectivity index (χ0v) is 20.9. The van der Waals surface area contributed by atoms with Gasteiger partial charge in [0.1, 0.15) is 11.5 Å². The minimum atomic E-state index is -0.803. The number of carbonyl (C=O) groups excluding carboxylic acids is 2. The fourth-order valence-corrected chi connectivity index (χ4v) is 4.65. The molecule has 1 N–H and O–H groups in total. The summed E-state index contributed by atoms with van der Waals surface area (Å²) in [6.45, 7) is 6.90. The van der Waals surface area contributed by atoms with Crippen molar-refractivity contribution >= 4 is 46.4 Å². The van der Waals surface area contributed by atoms with Gasteiger partial charge in [-0.15, -0.1) is 0 Å². The smallest absolute Gasteiger partial charge is 0.267 e. The molecule has 7 nitrogen and oxygen atoms in total. The first kappa shape index (κ1) is 24.6. The predicted molar refractivity (Wildman–Crippen MR) is 134 cm³/mol. The van der Waals surface area contributed by atoms with Gasteiger partial charge < -0.3 is 24.6 Å². The number of anilines is 2. The monoisotopic (exact) mass is 505 g/mol. The average molecular weight is 506 g/mol. The number of nitrogens with one attached hydrogen (secondary N) is 1. The van der Waals surface area contributed by atoms with E-state index in [1.54, 1.807) is 55.1 Å². The molecule has 2 heterocycles. The molecule has 9 heteroatoms. The van der Waals surface area contributed by atoms with Crippen LogP contribution in [0.25, 0.3) is 0 Å². The van der Waals surface area contributed by atoms with Gasteiger partial charge in [-0.1, -0.05) is 29.6 Å². The number of rotatable bonds is 7. The Balaban J connectivity index is 1.45. The van der Waals surface area contributed by atoms with Crippen LogP contribution in [-0.2, 0) is 9.59 Å². The Hall–Kier alpha value is -2.48. The first-order valence-corrected chi connectivity index (χ1v) is 12.3. The number of amides is 2. The third-order valence-corrected chi connectivity index (χ3v) is 6.62. The van der Waals surface area contributed by atoms with Crippen LogP contribution in [0.15, 0.2) is 36.4 Å². The third-order valence-electron chi connectivity index (χ3n) is 6.09. The molecule has 2 atom stereocenters. The van der Waals surface area contributed by atoms with Crippen LogP contribution < -0.4 is 19.7 Å². The van der Waals surface area contributed by atoms with Crippen molar-refractivity contribution in [1.82, 2.24) is 4.90 Å². The minimum absolute atomic E-state index is 0.0814. The Bertz CT molecular complexity index is 1060. The molecule has 4 rings (SSSR count). The topological polar surface area (TPSA) is 71.1 Å². The maximum absolute atomic E-state index is 12.9. The van der Waals surface area contributed by atoms with E-state index in [9.17, 15) is 9.59 Å². The van der Waals surface area contributed by atoms with Crippen molar-refractivity contribution in [3.63, 3.8) is 0 Å². The second-order valence-electron chi connectivity index (χ2n) is 8.66. The van der Waals surface area contributed by atoms with Gasteiger partial charge >= 0.3 is 0 Å². The Labute approximate surface area is 209 Å². The van der Waals surface area contributed by atoms with Crippen molar-refractivity contribution in [3.05, 3.63) is 46.4 Å². The van der Waals surface area contributed by atoms with Crippen molar-refractivity contribution in [2.24, 2.45) is 0 Å². The number of halogens is 2. The first-order chi connectivity index (χ1) is 16.3. The number of carbonyl (C=O) groups is 2. The highest BCUT2D eigenvalue weighted by Crippen LogP contribution is 2.36. The molecule has 2 aliphatic heterocycles. The van der Waals surface area contributed by atoms with Gasteiger partial charge in [0.2, 0.25) is 0 Å². The largest absolute Gasteiger partial charge is 0.479 e. The maximum atomic E-state index is 12.9. The second kappa shape index (κ2) is 10.8. The molecular formula is C25H29Cl2N3O4. The number of hydrogen-bond acceptors (Lipinski definition) is 5. The lowest BCUT2D eigenvalue weighted by atomic mass is 10.1. The number of hydrogen-bond donors (Lipinski definition) is 1. The molecule has 182 valence electrons. The number of nitrogens with zero attached hydrogens (tertiary/aromatic N) is 2. The zero-order chi connectivity index (χ0) is 24.2. The summed E-state index contributed by atoms with van der Waals surface area (Å²) in [5.74, 6) is 0.571. The Morgan fingerprint density at radius 3 is 2.65 bits per heavy atom. The summed E-state index contributed by atoms with van der Waals surface area (Å²) in [5.41, 5.74) is 1.21. The molecule has 1 fully saturated rings. The first-order valence-electron chi connectivity index (χ1n) is 11.6. The number of benzene rings is 2. The van der Waals surface area contributed by atoms with Crippen LogP contribution in [0.5, 0.6) is 11.5 Å². The number of piperidine rings is 1. The summed E-state index contributed by atoms with van der Waals surface area (Å²) in [6.07, 6.45) is 2.31. The molecule has 0 aliphatic carbocycles. The van der Waals surface area contributed by atoms with Gasteiger partial charge in [0.05, 0.1) is 10.7 Å². The Kier molecular flexibility index (Phi) is 7.86. The maximum Gasteiger partial charge on any atom is 0.267 e. The van der Waals surface area contributed by atoms with Gasteiger partial charge in [-0.05, 0) is 76.2 Å². The summed E-state index contributed by atoms with van der Waals surface area (Å²) in [7, 11) is 0. The summed E-state index contributed by atoms with van der Waals surface area (Å²) in [5, 5.41) is 3.67. The quantitative estimate of drug-likeness (QED) is 0.573. The van der Waals surface area contributed by atoms with Crippen molar-refractivity contribution < 1.29 is 19.1 Å². The second-order valence-corrected chi connectivity index (χ2v) is 9.50. The van der Waals surface area contributed by atoms with Crippen molar-refractivity contribution in [3.8, 4) is 11.5 Å². The van der Waals surface area contributed by atoms with Gasteiger partial charge in [-0.25, -0.2) is 0 Å². The zero-order valence-electron chi connectivity index (χ0n) is 19.4. The molecule has 34 heavy (non-hydrogen) atoms. The molecule has 1 saturated heterocycles. The number of likely N-dealkylation sites (tertiary alicyclic amines) is 1. The SMILES string of the molecule is CC(Oc1ccc(Cl)cc1Cl)C(=O)Nc1ccc2c(c1)N(CCN1CCCCC1)C(=O)C(C)O2. The van der Waals surface area contributed by atoms with E-state index in [1.807, 2.05) is 0 Å². The predicted octanol–water partition coefficient (Wildman–Crippen LogP) is 5.00. The molecule has 0 saturated carbocycles. The van der Waals surface area contributed by atoms with Gasteiger partial charge in [-0.2, -0.15) is 0 Å². The van der Waals surface area contributed by atoms with E-state index >= 15 is 0 Å². The molecule has 0 aromatic heterocycles. The highest BCUT2D eigenvalue weighted by atomic mass is 35.5. The molecule has 2 unspecified atom stereocenters. The van der Waals surface area contributed by atoms with Gasteiger partial charge in [0, 0.05) is 23.8 Å². The van der Waals surface area contributed by atoms with Crippen LogP contribution in [0.3, 0.4) is 0 Å². The summed E-state index contributed by atoms with van der Waals surface area (Å²) in [6, 6.07) is 10.1. The van der Waals surface area contributed by atoms with Gasteiger partial charge in [0.25, 0.3) is 11.8 Å². The highest BCUT2D eigenvalue weighted by molar-refractivity contribution is 6.35. The van der Waals surface area contributed by atoms with E-state index in [0.717, 1.165) is 19.6 Å². The average Bonchev–Trinajstić information content (AvgIpc) is 2.82. The lowest BCUT2D eigenvalue weighted by Gasteiger charge is -2.35. The van der Waals surface area contributed by atoms with E-state index in [1.165, 1.54) is 19.3 Å². The van der Waals surface area contributed by atoms with E-state index < -0.39 is 12.2 Å². The number of fused-ring (bicyclic) bond motifs is 1. The number of ether oxygens (including phenoxy) is 2. The van der Waals surface area contributed by atoms with E-state index in [0.29, 0.717) is 39.5 Å². The lowest BCUT2D eigenvalue weighted by molar-refractivity contribution is -0.125. The summed E-state index contributed by atoms with van der Waals surface area (Å²) >= 11 is 12.1. The normalized spacial score (nSPS) is 19.2. The van der Waals surface area contributed by atoms with Crippen molar-refractivity contribution in [1.29, 1.82) is 0 Å². The van der Waals surface area contributed by atoms with E-state index in [4.69, 9.17) is 32.7 Å². The Morgan fingerprint density at radius 2 is 1.91 bits per heavy atom. The Morgan fingerprint density at radius 1 is 1.15 bits per heavy atom. The van der Waals surface area contributed by atoms with Gasteiger partial charge in [-0.3, -0.25) is 9.59 Å². The summed E-state index contributed by atoms with van der Waals surface area (Å²) < 4.78 is 11.5. The standard InChI is InChI=1S/C25H29Cl2N3O4/c1-16(33-22-8-6-18(26)14-20(22)27)24(31)28-19-7-9-23-21(15-19)30(25(32)17(2)34-23)13-12-29-10-4-3-5-11-29/h6-9,14-17H,3-5,10-13H2,1-2H3,(H,28,31). The lowest BCUT2D eigenvalue weighted by Crippen LogP contribution is -2.48. The van der Waals surface area contributed by atoms with Crippen molar-refractivity contribution in [2.75, 3.05) is 36.4 Å². The minimum Gasteiger partial charge on any atom is -0.479 e. The van der Waals surface area contributed by atoms with Crippen LogP contribution in [0.1, 0.15) is 33.1 Å². The highest BCUT2D eigenvalue weighted by Gasteiger charge is 2.32. The molecule has 2 aromatic carbocycles. The fraction of sp³-hybridized carbons (Fsp3) is 0.440. The molecule has 0 spiro atoms. The third kappa shape index (κ3) is 5.77. The van der Waals surface area contributed by atoms with Crippen LogP contribution in [0, 0.1) is 0 Å². The van der Waals surface area contributed by atoms with Crippen LogP contribution in [0.2, 0.25) is 10.0 Å². The van der Waals surface area contributed by atoms with Crippen LogP contribution >= 0.6 is 23.2 Å². The molecule has 0 radical (unpaired) electrons. The van der Waals surface area contributed by atoms with Crippen LogP contribution in [-0.4, -0.2) is 55.1 Å². The molecule has 2 aliphatic rings. The van der Waals surface area contributed by atoms with Crippen molar-refractivity contribution in [2.45, 2.75) is 45.3 Å². The molecular weight excluding hydrogens is 477 g/mol. The molecule has 2 aromatic rings.